The van der Waals surface area contributed by atoms with E-state index in [-0.39, 0.29) is 23.4 Å². The van der Waals surface area contributed by atoms with E-state index in [0.29, 0.717) is 30.9 Å². The Labute approximate surface area is 191 Å². The van der Waals surface area contributed by atoms with Crippen molar-refractivity contribution >= 4 is 23.2 Å². The van der Waals surface area contributed by atoms with E-state index in [2.05, 4.69) is 5.32 Å². The molecule has 0 spiro atoms. The zero-order chi connectivity index (χ0) is 25.4. The first-order chi connectivity index (χ1) is 15.7. The van der Waals surface area contributed by atoms with Crippen molar-refractivity contribution in [1.29, 1.82) is 0 Å². The van der Waals surface area contributed by atoms with Crippen molar-refractivity contribution in [3.8, 4) is 5.75 Å². The van der Waals surface area contributed by atoms with Gasteiger partial charge >= 0.3 is 12.4 Å². The van der Waals surface area contributed by atoms with Gasteiger partial charge in [0, 0.05) is 30.4 Å². The molecular formula is C22H21F6N3O3. The number of carbonyl (C=O) groups excluding carboxylic acids is 2. The highest BCUT2D eigenvalue weighted by atomic mass is 19.4. The minimum absolute atomic E-state index is 0.0514. The molecule has 0 aromatic heterocycles. The summed E-state index contributed by atoms with van der Waals surface area (Å²) in [6.45, 7) is 2.47. The minimum Gasteiger partial charge on any atom is -0.479 e. The molecule has 0 bridgehead atoms. The van der Waals surface area contributed by atoms with Gasteiger partial charge < -0.3 is 19.9 Å². The molecule has 34 heavy (non-hydrogen) atoms. The lowest BCUT2D eigenvalue weighted by Crippen LogP contribution is -2.46. The minimum atomic E-state index is -5.07. The quantitative estimate of drug-likeness (QED) is 0.622. The van der Waals surface area contributed by atoms with Gasteiger partial charge in [-0.25, -0.2) is 0 Å². The molecule has 0 radical (unpaired) electrons. The van der Waals surface area contributed by atoms with E-state index in [4.69, 9.17) is 4.74 Å². The number of rotatable bonds is 5. The van der Waals surface area contributed by atoms with Crippen LogP contribution in [0, 0.1) is 0 Å². The molecule has 184 valence electrons. The number of benzene rings is 2. The average molecular weight is 489 g/mol. The van der Waals surface area contributed by atoms with Crippen LogP contribution < -0.4 is 15.0 Å². The molecule has 1 aliphatic rings. The Hall–Kier alpha value is -3.28. The monoisotopic (exact) mass is 489 g/mol. The van der Waals surface area contributed by atoms with Crippen LogP contribution in [0.15, 0.2) is 36.4 Å². The molecule has 1 N–H and O–H groups in total. The molecule has 2 aromatic rings. The Morgan fingerprint density at radius 2 is 1.62 bits per heavy atom. The van der Waals surface area contributed by atoms with Gasteiger partial charge in [0.05, 0.1) is 16.8 Å². The van der Waals surface area contributed by atoms with Crippen molar-refractivity contribution < 1.29 is 40.7 Å². The Bertz CT molecular complexity index is 1070. The molecule has 6 nitrogen and oxygen atoms in total. The van der Waals surface area contributed by atoms with Crippen LogP contribution in [0.5, 0.6) is 5.75 Å². The number of halogens is 6. The SMILES string of the molecule is CC1Oc2cc(NC(=O)c3cc(C(F)(F)F)cc(C(F)(F)F)c3)ccc2N(CCN(C)C)C1=O. The molecule has 0 fully saturated rings. The number of alkyl halides is 6. The Morgan fingerprint density at radius 1 is 1.03 bits per heavy atom. The van der Waals surface area contributed by atoms with Crippen LogP contribution >= 0.6 is 0 Å². The molecule has 0 saturated carbocycles. The van der Waals surface area contributed by atoms with Gasteiger partial charge in [-0.2, -0.15) is 26.3 Å². The third-order valence-electron chi connectivity index (χ3n) is 5.05. The normalized spacial score (nSPS) is 16.4. The van der Waals surface area contributed by atoms with Crippen molar-refractivity contribution in [1.82, 2.24) is 4.90 Å². The van der Waals surface area contributed by atoms with Gasteiger partial charge in [-0.3, -0.25) is 9.59 Å². The highest BCUT2D eigenvalue weighted by Gasteiger charge is 2.37. The smallest absolute Gasteiger partial charge is 0.416 e. The molecule has 2 aromatic carbocycles. The summed E-state index contributed by atoms with van der Waals surface area (Å²) in [6, 6.07) is 4.87. The summed E-state index contributed by atoms with van der Waals surface area (Å²) >= 11 is 0. The Balaban J connectivity index is 1.90. The molecule has 3 rings (SSSR count). The number of amides is 2. The average Bonchev–Trinajstić information content (AvgIpc) is 2.72. The lowest BCUT2D eigenvalue weighted by molar-refractivity contribution is -0.143. The number of nitrogens with zero attached hydrogens (tertiary/aromatic N) is 2. The van der Waals surface area contributed by atoms with Gasteiger partial charge in [0.15, 0.2) is 6.10 Å². The number of fused-ring (bicyclic) bond motifs is 1. The molecule has 0 saturated heterocycles. The molecular weight excluding hydrogens is 468 g/mol. The molecule has 2 amide bonds. The second kappa shape index (κ2) is 9.16. The zero-order valence-electron chi connectivity index (χ0n) is 18.3. The predicted octanol–water partition coefficient (Wildman–Crippen LogP) is 4.65. The summed E-state index contributed by atoms with van der Waals surface area (Å²) in [7, 11) is 3.68. The fraction of sp³-hybridized carbons (Fsp3) is 0.364. The summed E-state index contributed by atoms with van der Waals surface area (Å²) in [4.78, 5) is 28.4. The summed E-state index contributed by atoms with van der Waals surface area (Å²) in [6.07, 6.45) is -11.0. The summed E-state index contributed by atoms with van der Waals surface area (Å²) in [5.41, 5.74) is -3.49. The van der Waals surface area contributed by atoms with E-state index in [0.717, 1.165) is 0 Å². The van der Waals surface area contributed by atoms with E-state index in [9.17, 15) is 35.9 Å². The maximum atomic E-state index is 13.1. The van der Waals surface area contributed by atoms with Crippen LogP contribution in [0.25, 0.3) is 0 Å². The van der Waals surface area contributed by atoms with Gasteiger partial charge in [0.25, 0.3) is 11.8 Å². The van der Waals surface area contributed by atoms with Crippen molar-refractivity contribution in [2.75, 3.05) is 37.4 Å². The molecule has 12 heteroatoms. The van der Waals surface area contributed by atoms with Crippen LogP contribution in [-0.4, -0.2) is 50.0 Å². The highest BCUT2D eigenvalue weighted by Crippen LogP contribution is 2.38. The van der Waals surface area contributed by atoms with Gasteiger partial charge in [-0.1, -0.05) is 0 Å². The maximum Gasteiger partial charge on any atom is 0.416 e. The number of likely N-dealkylation sites (N-methyl/N-ethyl adjacent to an activating group) is 1. The van der Waals surface area contributed by atoms with Crippen molar-refractivity contribution in [2.24, 2.45) is 0 Å². The van der Waals surface area contributed by atoms with E-state index < -0.39 is 41.1 Å². The van der Waals surface area contributed by atoms with E-state index in [1.54, 1.807) is 6.92 Å². The standard InChI is InChI=1S/C22H21F6N3O3/c1-12-20(33)31(7-6-30(2)3)17-5-4-16(11-18(17)34-12)29-19(32)13-8-14(21(23,24)25)10-15(9-13)22(26,27)28/h4-5,8-12H,6-7H2,1-3H3,(H,29,32). The predicted molar refractivity (Wildman–Crippen MR) is 112 cm³/mol. The number of nitrogens with one attached hydrogen (secondary N) is 1. The van der Waals surface area contributed by atoms with Crippen LogP contribution in [0.3, 0.4) is 0 Å². The fourth-order valence-corrected chi connectivity index (χ4v) is 3.31. The number of hydrogen-bond donors (Lipinski definition) is 1. The number of carbonyl (C=O) groups is 2. The largest absolute Gasteiger partial charge is 0.479 e. The van der Waals surface area contributed by atoms with Crippen LogP contribution in [0.4, 0.5) is 37.7 Å². The Morgan fingerprint density at radius 3 is 2.15 bits per heavy atom. The fourth-order valence-electron chi connectivity index (χ4n) is 3.31. The van der Waals surface area contributed by atoms with Gasteiger partial charge in [0.2, 0.25) is 0 Å². The van der Waals surface area contributed by atoms with Crippen LogP contribution in [-0.2, 0) is 17.1 Å². The van der Waals surface area contributed by atoms with Gasteiger partial charge in [-0.05, 0) is 51.4 Å². The summed E-state index contributed by atoms with van der Waals surface area (Å²) < 4.78 is 84.1. The lowest BCUT2D eigenvalue weighted by Gasteiger charge is -2.34. The molecule has 1 atom stereocenters. The molecule has 1 unspecified atom stereocenters. The van der Waals surface area contributed by atoms with E-state index >= 15 is 0 Å². The summed E-state index contributed by atoms with van der Waals surface area (Å²) in [5.74, 6) is -1.19. The highest BCUT2D eigenvalue weighted by molar-refractivity contribution is 6.05. The Kier molecular flexibility index (Phi) is 6.83. The molecule has 1 heterocycles. The number of hydrogen-bond acceptors (Lipinski definition) is 4. The lowest BCUT2D eigenvalue weighted by atomic mass is 10.0. The maximum absolute atomic E-state index is 13.1. The second-order valence-corrected chi connectivity index (χ2v) is 7.98. The van der Waals surface area contributed by atoms with E-state index in [1.807, 2.05) is 19.0 Å². The van der Waals surface area contributed by atoms with E-state index in [1.165, 1.54) is 23.1 Å². The van der Waals surface area contributed by atoms with Crippen molar-refractivity contribution in [2.45, 2.75) is 25.4 Å². The topological polar surface area (TPSA) is 61.9 Å². The summed E-state index contributed by atoms with van der Waals surface area (Å²) in [5, 5.41) is 2.29. The first-order valence-corrected chi connectivity index (χ1v) is 10.0. The van der Waals surface area contributed by atoms with Crippen molar-refractivity contribution in [3.63, 3.8) is 0 Å². The number of ether oxygens (including phenoxy) is 1. The second-order valence-electron chi connectivity index (χ2n) is 7.98. The zero-order valence-corrected chi connectivity index (χ0v) is 18.3. The first-order valence-electron chi connectivity index (χ1n) is 10.0. The van der Waals surface area contributed by atoms with Crippen molar-refractivity contribution in [3.05, 3.63) is 53.1 Å². The molecule has 0 aliphatic carbocycles. The van der Waals surface area contributed by atoms with Crippen LogP contribution in [0.2, 0.25) is 0 Å². The third kappa shape index (κ3) is 5.61. The third-order valence-corrected chi connectivity index (χ3v) is 5.05. The van der Waals surface area contributed by atoms with Gasteiger partial charge in [-0.15, -0.1) is 0 Å². The van der Waals surface area contributed by atoms with Crippen LogP contribution in [0.1, 0.15) is 28.4 Å². The van der Waals surface area contributed by atoms with Gasteiger partial charge in [0.1, 0.15) is 5.75 Å². The first kappa shape index (κ1) is 25.3. The molecule has 1 aliphatic heterocycles. The number of anilines is 2.